The Morgan fingerprint density at radius 3 is 1.18 bits per heavy atom. The number of isocyanates is 1. The molecule has 0 fully saturated rings. The molecule has 3 heteroatoms. The van der Waals surface area contributed by atoms with E-state index in [-0.39, 0.29) is 0 Å². The molecule has 0 aliphatic rings. The molecule has 106 valence electrons. The predicted octanol–water partition coefficient (Wildman–Crippen LogP) is 1.99. The van der Waals surface area contributed by atoms with Crippen molar-refractivity contribution in [2.75, 3.05) is 0 Å². The maximum atomic E-state index is 11.3. The predicted molar refractivity (Wildman–Crippen MR) is 92.1 cm³/mol. The molecular weight excluding hydrogens is 377 g/mol. The van der Waals surface area contributed by atoms with Gasteiger partial charge in [0.25, 0.3) is 0 Å². The van der Waals surface area contributed by atoms with Crippen LogP contribution in [0.25, 0.3) is 0 Å². The summed E-state index contributed by atoms with van der Waals surface area (Å²) < 4.78 is 7.92. The SMILES string of the molecule is O=C=[N][Sn]([c]1ccccc1)([c]1ccccc1)[c]1ccccc1. The van der Waals surface area contributed by atoms with Crippen molar-refractivity contribution in [1.29, 1.82) is 0 Å². The van der Waals surface area contributed by atoms with Crippen molar-refractivity contribution in [2.45, 2.75) is 0 Å². The summed E-state index contributed by atoms with van der Waals surface area (Å²) in [5.74, 6) is 0. The second kappa shape index (κ2) is 6.73. The van der Waals surface area contributed by atoms with E-state index >= 15 is 0 Å². The van der Waals surface area contributed by atoms with E-state index in [2.05, 4.69) is 39.6 Å². The van der Waals surface area contributed by atoms with Crippen LogP contribution in [0.15, 0.2) is 94.2 Å². The molecule has 0 saturated heterocycles. The van der Waals surface area contributed by atoms with Crippen LogP contribution in [0.5, 0.6) is 0 Å². The van der Waals surface area contributed by atoms with E-state index in [1.165, 1.54) is 0 Å². The van der Waals surface area contributed by atoms with Gasteiger partial charge in [-0.05, 0) is 0 Å². The summed E-state index contributed by atoms with van der Waals surface area (Å²) in [6.45, 7) is 0. The van der Waals surface area contributed by atoms with E-state index in [0.717, 1.165) is 10.7 Å². The third-order valence-electron chi connectivity index (χ3n) is 3.79. The molecule has 0 radical (unpaired) electrons. The van der Waals surface area contributed by atoms with Crippen LogP contribution in [-0.2, 0) is 4.79 Å². The molecule has 0 aliphatic heterocycles. The topological polar surface area (TPSA) is 29.4 Å². The summed E-state index contributed by atoms with van der Waals surface area (Å²) in [7, 11) is 0. The zero-order valence-corrected chi connectivity index (χ0v) is 14.9. The van der Waals surface area contributed by atoms with E-state index in [1.807, 2.05) is 60.7 Å². The van der Waals surface area contributed by atoms with Gasteiger partial charge in [0.05, 0.1) is 0 Å². The van der Waals surface area contributed by atoms with Gasteiger partial charge in [-0.3, -0.25) is 0 Å². The van der Waals surface area contributed by atoms with Gasteiger partial charge in [0.1, 0.15) is 0 Å². The van der Waals surface area contributed by atoms with Crippen molar-refractivity contribution >= 4 is 35.5 Å². The summed E-state index contributed by atoms with van der Waals surface area (Å²) in [4.78, 5) is 11.3. The summed E-state index contributed by atoms with van der Waals surface area (Å²) in [6, 6.07) is 30.5. The minimum absolute atomic E-state index is 1.15. The zero-order chi connectivity index (χ0) is 15.3. The first kappa shape index (κ1) is 14.8. The monoisotopic (exact) mass is 393 g/mol. The molecule has 0 aliphatic carbocycles. The van der Waals surface area contributed by atoms with Crippen molar-refractivity contribution in [3.05, 3.63) is 91.0 Å². The Bertz CT molecular complexity index is 685. The molecule has 0 saturated carbocycles. The molecule has 2 nitrogen and oxygen atoms in total. The van der Waals surface area contributed by atoms with Crippen LogP contribution in [0, 0.1) is 0 Å². The number of carbonyl (C=O) groups excluding carboxylic acids is 1. The van der Waals surface area contributed by atoms with Gasteiger partial charge in [-0.2, -0.15) is 0 Å². The first-order valence-corrected chi connectivity index (χ1v) is 12.7. The van der Waals surface area contributed by atoms with Gasteiger partial charge in [-0.1, -0.05) is 0 Å². The maximum absolute atomic E-state index is 11.3. The second-order valence-corrected chi connectivity index (χ2v) is 14.6. The van der Waals surface area contributed by atoms with Gasteiger partial charge in [-0.25, -0.2) is 0 Å². The number of hydrogen-bond donors (Lipinski definition) is 0. The Morgan fingerprint density at radius 2 is 0.909 bits per heavy atom. The Morgan fingerprint density at radius 1 is 0.591 bits per heavy atom. The fourth-order valence-electron chi connectivity index (χ4n) is 2.80. The molecule has 0 atom stereocenters. The van der Waals surface area contributed by atoms with Gasteiger partial charge in [0.15, 0.2) is 0 Å². The number of nitrogens with zero attached hydrogens (tertiary/aromatic N) is 1. The van der Waals surface area contributed by atoms with Crippen LogP contribution in [0.1, 0.15) is 0 Å². The Labute approximate surface area is 134 Å². The van der Waals surface area contributed by atoms with Crippen LogP contribution in [0.3, 0.4) is 0 Å². The number of hydrogen-bond acceptors (Lipinski definition) is 2. The van der Waals surface area contributed by atoms with E-state index in [0.29, 0.717) is 0 Å². The molecule has 0 heterocycles. The van der Waals surface area contributed by atoms with Crippen molar-refractivity contribution in [3.8, 4) is 0 Å². The molecule has 0 unspecified atom stereocenters. The first-order chi connectivity index (χ1) is 10.9. The molecule has 3 rings (SSSR count). The van der Waals surface area contributed by atoms with E-state index in [4.69, 9.17) is 0 Å². The van der Waals surface area contributed by atoms with Crippen molar-refractivity contribution in [3.63, 3.8) is 0 Å². The minimum atomic E-state index is -3.67. The zero-order valence-electron chi connectivity index (χ0n) is 12.0. The third-order valence-corrected chi connectivity index (χ3v) is 15.0. The molecule has 0 amide bonds. The molecule has 0 N–H and O–H groups in total. The van der Waals surface area contributed by atoms with Crippen LogP contribution in [0.4, 0.5) is 0 Å². The summed E-state index contributed by atoms with van der Waals surface area (Å²) in [5.41, 5.74) is 0. The molecule has 0 spiro atoms. The van der Waals surface area contributed by atoms with Crippen molar-refractivity contribution < 1.29 is 4.79 Å². The fourth-order valence-corrected chi connectivity index (χ4v) is 12.9. The van der Waals surface area contributed by atoms with Crippen molar-refractivity contribution in [1.82, 2.24) is 0 Å². The van der Waals surface area contributed by atoms with Crippen LogP contribution >= 0.6 is 0 Å². The van der Waals surface area contributed by atoms with Gasteiger partial charge in [-0.15, -0.1) is 0 Å². The van der Waals surface area contributed by atoms with E-state index < -0.39 is 18.7 Å². The van der Waals surface area contributed by atoms with Crippen LogP contribution in [-0.4, -0.2) is 24.7 Å². The quantitative estimate of drug-likeness (QED) is 0.380. The van der Waals surface area contributed by atoms with E-state index in [1.54, 1.807) is 0 Å². The molecule has 3 aromatic rings. The van der Waals surface area contributed by atoms with E-state index in [9.17, 15) is 4.79 Å². The first-order valence-electron chi connectivity index (χ1n) is 7.13. The number of rotatable bonds is 4. The number of benzene rings is 3. The normalized spacial score (nSPS) is 10.7. The molecule has 22 heavy (non-hydrogen) atoms. The van der Waals surface area contributed by atoms with Gasteiger partial charge < -0.3 is 0 Å². The molecule has 0 aromatic heterocycles. The standard InChI is InChI=1S/3C6H5.CNO.Sn/c3*1-2-4-6-5-3-1;2-1-3;/h3*1-5H;;/q;;;-1;+1. The second-order valence-electron chi connectivity index (χ2n) is 5.01. The van der Waals surface area contributed by atoms with Gasteiger partial charge >= 0.3 is 134 Å². The average Bonchev–Trinajstić information content (AvgIpc) is 2.62. The third kappa shape index (κ3) is 2.63. The van der Waals surface area contributed by atoms with Crippen LogP contribution in [0.2, 0.25) is 0 Å². The summed E-state index contributed by atoms with van der Waals surface area (Å²) in [6.07, 6.45) is 1.87. The fraction of sp³-hybridized carbons (Fsp3) is 0. The average molecular weight is 392 g/mol. The van der Waals surface area contributed by atoms with Crippen LogP contribution < -0.4 is 10.7 Å². The summed E-state index contributed by atoms with van der Waals surface area (Å²) >= 11 is -3.67. The molecule has 3 aromatic carbocycles. The summed E-state index contributed by atoms with van der Waals surface area (Å²) in [5, 5.41) is 0. The molecule has 0 bridgehead atoms. The molecular formula is C19H15NOSn. The Hall–Kier alpha value is -2.16. The van der Waals surface area contributed by atoms with Crippen molar-refractivity contribution in [2.24, 2.45) is 3.21 Å². The Balaban J connectivity index is 2.37. The Kier molecular flexibility index (Phi) is 4.52. The van der Waals surface area contributed by atoms with Gasteiger partial charge in [0.2, 0.25) is 0 Å². The van der Waals surface area contributed by atoms with Gasteiger partial charge in [0, 0.05) is 0 Å².